The average Bonchev–Trinajstić information content (AvgIpc) is 2.10. The van der Waals surface area contributed by atoms with E-state index >= 15 is 0 Å². The largest absolute Gasteiger partial charge is 0.507 e. The van der Waals surface area contributed by atoms with Crippen LogP contribution in [0, 0.1) is 5.82 Å². The minimum atomic E-state index is -0.621. The van der Waals surface area contributed by atoms with Gasteiger partial charge in [0, 0.05) is 17.7 Å². The van der Waals surface area contributed by atoms with E-state index in [9.17, 15) is 9.50 Å². The van der Waals surface area contributed by atoms with Gasteiger partial charge in [-0.2, -0.15) is 0 Å². The molecule has 72 valence electrons. The molecule has 0 aromatic heterocycles. The molecule has 13 heavy (non-hydrogen) atoms. The highest BCUT2D eigenvalue weighted by molar-refractivity contribution is 5.49. The van der Waals surface area contributed by atoms with Gasteiger partial charge in [0.15, 0.2) is 0 Å². The Morgan fingerprint density at radius 2 is 2.15 bits per heavy atom. The van der Waals surface area contributed by atoms with Crippen molar-refractivity contribution in [3.63, 3.8) is 0 Å². The molecule has 4 heteroatoms. The number of nitrogen functional groups attached to an aromatic ring is 1. The molecular formula is C9H13FN2O. The Morgan fingerprint density at radius 1 is 1.54 bits per heavy atom. The Bertz CT molecular complexity index is 315. The highest BCUT2D eigenvalue weighted by Gasteiger charge is 2.11. The summed E-state index contributed by atoms with van der Waals surface area (Å²) >= 11 is 0. The first kappa shape index (κ1) is 9.80. The molecule has 0 bridgehead atoms. The molecule has 1 aromatic carbocycles. The van der Waals surface area contributed by atoms with Crippen LogP contribution in [-0.4, -0.2) is 5.11 Å². The number of phenols is 1. The van der Waals surface area contributed by atoms with Crippen LogP contribution in [0.2, 0.25) is 0 Å². The molecule has 0 heterocycles. The van der Waals surface area contributed by atoms with Gasteiger partial charge in [-0.15, -0.1) is 0 Å². The van der Waals surface area contributed by atoms with Gasteiger partial charge in [-0.3, -0.25) is 0 Å². The number of phenolic OH excluding ortho intramolecular Hbond substituents is 1. The van der Waals surface area contributed by atoms with E-state index in [4.69, 9.17) is 11.5 Å². The second-order valence-electron chi connectivity index (χ2n) is 2.95. The van der Waals surface area contributed by atoms with Crippen LogP contribution in [-0.2, 0) is 0 Å². The summed E-state index contributed by atoms with van der Waals surface area (Å²) < 4.78 is 12.8. The molecule has 0 fully saturated rings. The minimum Gasteiger partial charge on any atom is -0.507 e. The van der Waals surface area contributed by atoms with E-state index in [1.54, 1.807) is 0 Å². The number of rotatable bonds is 2. The van der Waals surface area contributed by atoms with E-state index in [0.717, 1.165) is 6.07 Å². The third-order valence-corrected chi connectivity index (χ3v) is 1.99. The maximum atomic E-state index is 12.8. The summed E-state index contributed by atoms with van der Waals surface area (Å²) in [5.41, 5.74) is 11.5. The zero-order valence-electron chi connectivity index (χ0n) is 7.42. The Hall–Kier alpha value is -1.29. The van der Waals surface area contributed by atoms with Gasteiger partial charge in [-0.1, -0.05) is 6.92 Å². The highest BCUT2D eigenvalue weighted by atomic mass is 19.1. The average molecular weight is 184 g/mol. The van der Waals surface area contributed by atoms with Crippen molar-refractivity contribution in [3.8, 4) is 5.75 Å². The fourth-order valence-corrected chi connectivity index (χ4v) is 1.11. The van der Waals surface area contributed by atoms with E-state index in [-0.39, 0.29) is 17.5 Å². The van der Waals surface area contributed by atoms with E-state index in [2.05, 4.69) is 0 Å². The number of hydrogen-bond acceptors (Lipinski definition) is 3. The van der Waals surface area contributed by atoms with Crippen molar-refractivity contribution in [1.29, 1.82) is 0 Å². The van der Waals surface area contributed by atoms with Crippen molar-refractivity contribution in [2.24, 2.45) is 5.73 Å². The summed E-state index contributed by atoms with van der Waals surface area (Å²) in [6, 6.07) is 2.06. The maximum Gasteiger partial charge on any atom is 0.149 e. The van der Waals surface area contributed by atoms with E-state index < -0.39 is 5.82 Å². The number of anilines is 1. The summed E-state index contributed by atoms with van der Waals surface area (Å²) in [5.74, 6) is -0.759. The quantitative estimate of drug-likeness (QED) is 0.482. The maximum absolute atomic E-state index is 12.8. The molecule has 1 aromatic rings. The van der Waals surface area contributed by atoms with Crippen molar-refractivity contribution in [1.82, 2.24) is 0 Å². The van der Waals surface area contributed by atoms with Gasteiger partial charge in [0.1, 0.15) is 11.6 Å². The summed E-state index contributed by atoms with van der Waals surface area (Å²) in [7, 11) is 0. The molecule has 1 atom stereocenters. The number of aromatic hydroxyl groups is 1. The van der Waals surface area contributed by atoms with Gasteiger partial charge >= 0.3 is 0 Å². The van der Waals surface area contributed by atoms with Crippen LogP contribution in [0.3, 0.4) is 0 Å². The minimum absolute atomic E-state index is 0.0108. The van der Waals surface area contributed by atoms with Gasteiger partial charge in [0.2, 0.25) is 0 Å². The molecule has 3 nitrogen and oxygen atoms in total. The van der Waals surface area contributed by atoms with Crippen molar-refractivity contribution in [2.45, 2.75) is 19.4 Å². The zero-order chi connectivity index (χ0) is 10.0. The third-order valence-electron chi connectivity index (χ3n) is 1.99. The monoisotopic (exact) mass is 184 g/mol. The van der Waals surface area contributed by atoms with Crippen molar-refractivity contribution >= 4 is 5.69 Å². The van der Waals surface area contributed by atoms with E-state index in [1.165, 1.54) is 6.07 Å². The molecule has 0 radical (unpaired) electrons. The van der Waals surface area contributed by atoms with Crippen LogP contribution in [0.1, 0.15) is 24.9 Å². The molecule has 0 saturated carbocycles. The topological polar surface area (TPSA) is 72.3 Å². The normalized spacial score (nSPS) is 12.8. The van der Waals surface area contributed by atoms with Crippen LogP contribution in [0.15, 0.2) is 12.1 Å². The lowest BCUT2D eigenvalue weighted by Crippen LogP contribution is -2.09. The lowest BCUT2D eigenvalue weighted by Gasteiger charge is -2.12. The molecule has 0 saturated heterocycles. The lowest BCUT2D eigenvalue weighted by molar-refractivity contribution is 0.454. The van der Waals surface area contributed by atoms with Crippen LogP contribution >= 0.6 is 0 Å². The molecular weight excluding hydrogens is 171 g/mol. The molecule has 0 aliphatic rings. The molecule has 0 aliphatic heterocycles. The number of hydrogen-bond donors (Lipinski definition) is 3. The second-order valence-corrected chi connectivity index (χ2v) is 2.95. The van der Waals surface area contributed by atoms with Gasteiger partial charge in [0.05, 0.1) is 5.69 Å². The standard InChI is InChI=1S/C9H13FN2O/c1-2-7(11)5-3-8(12)6(10)4-9(5)13/h3-4,7,13H,2,11-12H2,1H3. The van der Waals surface area contributed by atoms with Crippen LogP contribution < -0.4 is 11.5 Å². The van der Waals surface area contributed by atoms with Gasteiger partial charge in [0.25, 0.3) is 0 Å². The van der Waals surface area contributed by atoms with Crippen LogP contribution in [0.25, 0.3) is 0 Å². The smallest absolute Gasteiger partial charge is 0.149 e. The molecule has 5 N–H and O–H groups in total. The molecule has 0 spiro atoms. The number of halogens is 1. The summed E-state index contributed by atoms with van der Waals surface area (Å²) in [5, 5.41) is 9.34. The molecule has 1 rings (SSSR count). The highest BCUT2D eigenvalue weighted by Crippen LogP contribution is 2.28. The zero-order valence-corrected chi connectivity index (χ0v) is 7.42. The summed E-state index contributed by atoms with van der Waals surface area (Å²) in [4.78, 5) is 0. The predicted molar refractivity (Wildman–Crippen MR) is 49.7 cm³/mol. The second kappa shape index (κ2) is 3.62. The molecule has 0 aliphatic carbocycles. The van der Waals surface area contributed by atoms with Crippen molar-refractivity contribution < 1.29 is 9.50 Å². The Kier molecular flexibility index (Phi) is 2.72. The van der Waals surface area contributed by atoms with Crippen molar-refractivity contribution in [2.75, 3.05) is 5.73 Å². The Labute approximate surface area is 76.2 Å². The molecule has 1 unspecified atom stereocenters. The lowest BCUT2D eigenvalue weighted by atomic mass is 10.0. The third kappa shape index (κ3) is 1.89. The number of benzene rings is 1. The predicted octanol–water partition coefficient (Wildman–Crippen LogP) is 1.52. The first-order valence-corrected chi connectivity index (χ1v) is 4.09. The van der Waals surface area contributed by atoms with Gasteiger partial charge < -0.3 is 16.6 Å². The number of nitrogens with two attached hydrogens (primary N) is 2. The van der Waals surface area contributed by atoms with Crippen LogP contribution in [0.5, 0.6) is 5.75 Å². The van der Waals surface area contributed by atoms with E-state index in [1.807, 2.05) is 6.92 Å². The Balaban J connectivity index is 3.15. The Morgan fingerprint density at radius 3 is 2.69 bits per heavy atom. The van der Waals surface area contributed by atoms with Crippen molar-refractivity contribution in [3.05, 3.63) is 23.5 Å². The van der Waals surface area contributed by atoms with Crippen LogP contribution in [0.4, 0.5) is 10.1 Å². The SMILES string of the molecule is CCC(N)c1cc(N)c(F)cc1O. The van der Waals surface area contributed by atoms with E-state index in [0.29, 0.717) is 12.0 Å². The fraction of sp³-hybridized carbons (Fsp3) is 0.333. The van der Waals surface area contributed by atoms with Gasteiger partial charge in [-0.05, 0) is 12.5 Å². The summed E-state index contributed by atoms with van der Waals surface area (Å²) in [6.07, 6.45) is 0.665. The molecule has 0 amide bonds. The van der Waals surface area contributed by atoms with Gasteiger partial charge in [-0.25, -0.2) is 4.39 Å². The summed E-state index contributed by atoms with van der Waals surface area (Å²) in [6.45, 7) is 1.88. The first-order valence-electron chi connectivity index (χ1n) is 4.09. The first-order chi connectivity index (χ1) is 6.06. The fourth-order valence-electron chi connectivity index (χ4n) is 1.11.